The fourth-order valence-electron chi connectivity index (χ4n) is 2.20. The van der Waals surface area contributed by atoms with Crippen LogP contribution in [0.3, 0.4) is 0 Å². The first-order valence-corrected chi connectivity index (χ1v) is 10.4. The van der Waals surface area contributed by atoms with Crippen LogP contribution < -0.4 is 4.90 Å². The summed E-state index contributed by atoms with van der Waals surface area (Å²) in [5, 5.41) is 2.25. The van der Waals surface area contributed by atoms with E-state index in [0.29, 0.717) is 17.4 Å². The zero-order chi connectivity index (χ0) is 20.2. The molecule has 0 N–H and O–H groups in total. The van der Waals surface area contributed by atoms with E-state index in [0.717, 1.165) is 4.31 Å². The molecule has 0 saturated heterocycles. The Balaban J connectivity index is 2.09. The van der Waals surface area contributed by atoms with E-state index in [-0.39, 0.29) is 23.0 Å². The summed E-state index contributed by atoms with van der Waals surface area (Å²) in [4.78, 5) is 29.6. The highest BCUT2D eigenvalue weighted by atomic mass is 32.2. The molecule has 0 fully saturated rings. The third-order valence-electron chi connectivity index (χ3n) is 3.67. The number of amides is 1. The fraction of sp³-hybridized carbons (Fsp3) is 0.353. The molecule has 146 valence electrons. The van der Waals surface area contributed by atoms with Gasteiger partial charge in [0.1, 0.15) is 6.61 Å². The van der Waals surface area contributed by atoms with E-state index in [2.05, 4.69) is 4.98 Å². The molecule has 10 heteroatoms. The lowest BCUT2D eigenvalue weighted by atomic mass is 10.2. The number of ether oxygens (including phenoxy) is 1. The quantitative estimate of drug-likeness (QED) is 0.648. The van der Waals surface area contributed by atoms with Crippen LogP contribution in [-0.4, -0.2) is 50.2 Å². The first kappa shape index (κ1) is 21.0. The number of aromatic nitrogens is 1. The van der Waals surface area contributed by atoms with E-state index in [4.69, 9.17) is 4.74 Å². The number of carbonyl (C=O) groups excluding carboxylic acids is 2. The minimum absolute atomic E-state index is 0.0120. The van der Waals surface area contributed by atoms with E-state index in [1.165, 1.54) is 61.5 Å². The molecule has 2 rings (SSSR count). The van der Waals surface area contributed by atoms with Crippen molar-refractivity contribution in [3.05, 3.63) is 40.9 Å². The van der Waals surface area contributed by atoms with Gasteiger partial charge in [-0.3, -0.25) is 9.69 Å². The molecule has 1 amide bonds. The average Bonchev–Trinajstić information content (AvgIpc) is 3.08. The van der Waals surface area contributed by atoms with Crippen LogP contribution in [0.4, 0.5) is 5.13 Å². The summed E-state index contributed by atoms with van der Waals surface area (Å²) in [6.07, 6.45) is 0. The molecule has 0 aliphatic carbocycles. The third kappa shape index (κ3) is 4.90. The molecule has 0 aliphatic heterocycles. The first-order chi connectivity index (χ1) is 12.7. The highest BCUT2D eigenvalue weighted by Gasteiger charge is 2.19. The number of benzene rings is 1. The summed E-state index contributed by atoms with van der Waals surface area (Å²) in [6, 6.07) is 5.66. The van der Waals surface area contributed by atoms with Gasteiger partial charge in [0.15, 0.2) is 5.13 Å². The second-order valence-electron chi connectivity index (χ2n) is 5.78. The maximum absolute atomic E-state index is 12.3. The van der Waals surface area contributed by atoms with Crippen molar-refractivity contribution in [2.45, 2.75) is 25.3 Å². The molecule has 1 heterocycles. The van der Waals surface area contributed by atoms with E-state index < -0.39 is 16.0 Å². The first-order valence-electron chi connectivity index (χ1n) is 8.09. The standard InChI is InChI=1S/C17H21N3O5S2/c1-5-20(12(2)21)17-18-14(11-26-17)10-25-16(22)13-7-6-8-15(9-13)27(23,24)19(3)4/h6-9,11H,5,10H2,1-4H3. The Morgan fingerprint density at radius 2 is 1.96 bits per heavy atom. The summed E-state index contributed by atoms with van der Waals surface area (Å²) >= 11 is 1.28. The van der Waals surface area contributed by atoms with Crippen LogP contribution in [0.15, 0.2) is 34.5 Å². The highest BCUT2D eigenvalue weighted by Crippen LogP contribution is 2.21. The molecule has 0 bridgehead atoms. The molecular weight excluding hydrogens is 390 g/mol. The Bertz CT molecular complexity index is 938. The summed E-state index contributed by atoms with van der Waals surface area (Å²) in [7, 11) is -0.805. The van der Waals surface area contributed by atoms with Gasteiger partial charge in [0.05, 0.1) is 16.2 Å². The van der Waals surface area contributed by atoms with Crippen molar-refractivity contribution < 1.29 is 22.7 Å². The number of thiazole rings is 1. The molecular formula is C17H21N3O5S2. The molecule has 0 radical (unpaired) electrons. The van der Waals surface area contributed by atoms with E-state index >= 15 is 0 Å². The Kier molecular flexibility index (Phi) is 6.68. The fourth-order valence-corrected chi connectivity index (χ4v) is 4.06. The van der Waals surface area contributed by atoms with Crippen LogP contribution in [0.25, 0.3) is 0 Å². The average molecular weight is 412 g/mol. The molecule has 2 aromatic rings. The number of hydrogen-bond acceptors (Lipinski definition) is 7. The molecule has 8 nitrogen and oxygen atoms in total. The number of nitrogens with zero attached hydrogens (tertiary/aromatic N) is 3. The van der Waals surface area contributed by atoms with Gasteiger partial charge in [0, 0.05) is 32.9 Å². The van der Waals surface area contributed by atoms with Crippen LogP contribution in [0.1, 0.15) is 29.9 Å². The largest absolute Gasteiger partial charge is 0.456 e. The zero-order valence-electron chi connectivity index (χ0n) is 15.5. The van der Waals surface area contributed by atoms with Crippen molar-refractivity contribution in [1.29, 1.82) is 0 Å². The second kappa shape index (κ2) is 8.59. The molecule has 1 aromatic carbocycles. The van der Waals surface area contributed by atoms with Gasteiger partial charge in [-0.2, -0.15) is 0 Å². The third-order valence-corrected chi connectivity index (χ3v) is 6.39. The minimum Gasteiger partial charge on any atom is -0.456 e. The minimum atomic E-state index is -3.64. The Morgan fingerprint density at radius 3 is 2.56 bits per heavy atom. The number of sulfonamides is 1. The van der Waals surface area contributed by atoms with Crippen molar-refractivity contribution in [1.82, 2.24) is 9.29 Å². The van der Waals surface area contributed by atoms with E-state index in [1.54, 1.807) is 5.38 Å². The van der Waals surface area contributed by atoms with Gasteiger partial charge >= 0.3 is 5.97 Å². The maximum Gasteiger partial charge on any atom is 0.338 e. The molecule has 0 aliphatic rings. The van der Waals surface area contributed by atoms with E-state index in [9.17, 15) is 18.0 Å². The lowest BCUT2D eigenvalue weighted by Gasteiger charge is -2.14. The summed E-state index contributed by atoms with van der Waals surface area (Å²) in [6.45, 7) is 3.72. The number of anilines is 1. The molecule has 0 saturated carbocycles. The molecule has 0 atom stereocenters. The normalized spacial score (nSPS) is 11.4. The van der Waals surface area contributed by atoms with Gasteiger partial charge in [-0.25, -0.2) is 22.5 Å². The number of rotatable bonds is 7. The van der Waals surface area contributed by atoms with Gasteiger partial charge in [0.2, 0.25) is 15.9 Å². The van der Waals surface area contributed by atoms with Gasteiger partial charge in [-0.15, -0.1) is 11.3 Å². The summed E-state index contributed by atoms with van der Waals surface area (Å²) < 4.78 is 30.6. The Morgan fingerprint density at radius 1 is 1.26 bits per heavy atom. The Labute approximate surface area is 162 Å². The van der Waals surface area contributed by atoms with Crippen molar-refractivity contribution in [3.8, 4) is 0 Å². The van der Waals surface area contributed by atoms with Crippen LogP contribution in [0, 0.1) is 0 Å². The van der Waals surface area contributed by atoms with Gasteiger partial charge < -0.3 is 4.74 Å². The lowest BCUT2D eigenvalue weighted by Crippen LogP contribution is -2.27. The second-order valence-corrected chi connectivity index (χ2v) is 8.76. The molecule has 0 spiro atoms. The van der Waals surface area contributed by atoms with Crippen LogP contribution in [-0.2, 0) is 26.2 Å². The number of esters is 1. The van der Waals surface area contributed by atoms with E-state index in [1.807, 2.05) is 6.92 Å². The monoisotopic (exact) mass is 411 g/mol. The summed E-state index contributed by atoms with van der Waals surface area (Å²) in [5.74, 6) is -0.770. The SMILES string of the molecule is CCN(C(C)=O)c1nc(COC(=O)c2cccc(S(=O)(=O)N(C)C)c2)cs1. The lowest BCUT2D eigenvalue weighted by molar-refractivity contribution is -0.116. The van der Waals surface area contributed by atoms with Gasteiger partial charge in [0.25, 0.3) is 0 Å². The molecule has 27 heavy (non-hydrogen) atoms. The van der Waals surface area contributed by atoms with Crippen molar-refractivity contribution in [2.75, 3.05) is 25.5 Å². The molecule has 1 aromatic heterocycles. The van der Waals surface area contributed by atoms with Gasteiger partial charge in [-0.05, 0) is 25.1 Å². The summed E-state index contributed by atoms with van der Waals surface area (Å²) in [5.41, 5.74) is 0.646. The predicted octanol–water partition coefficient (Wildman–Crippen LogP) is 2.12. The van der Waals surface area contributed by atoms with Crippen LogP contribution in [0.2, 0.25) is 0 Å². The maximum atomic E-state index is 12.3. The van der Waals surface area contributed by atoms with Crippen molar-refractivity contribution in [2.24, 2.45) is 0 Å². The zero-order valence-corrected chi connectivity index (χ0v) is 17.1. The van der Waals surface area contributed by atoms with Crippen LogP contribution in [0.5, 0.6) is 0 Å². The van der Waals surface area contributed by atoms with Gasteiger partial charge in [-0.1, -0.05) is 6.07 Å². The van der Waals surface area contributed by atoms with Crippen LogP contribution >= 0.6 is 11.3 Å². The Hall–Kier alpha value is -2.30. The smallest absolute Gasteiger partial charge is 0.338 e. The predicted molar refractivity (Wildman–Crippen MR) is 102 cm³/mol. The topological polar surface area (TPSA) is 96.9 Å². The van der Waals surface area contributed by atoms with Crippen molar-refractivity contribution >= 4 is 38.4 Å². The van der Waals surface area contributed by atoms with Crippen molar-refractivity contribution in [3.63, 3.8) is 0 Å². The highest BCUT2D eigenvalue weighted by molar-refractivity contribution is 7.89. The number of hydrogen-bond donors (Lipinski definition) is 0. The molecule has 0 unspecified atom stereocenters. The number of carbonyl (C=O) groups is 2.